The molecule has 0 atom stereocenters. The summed E-state index contributed by atoms with van der Waals surface area (Å²) in [6.07, 6.45) is 5.34. The lowest BCUT2D eigenvalue weighted by atomic mass is 9.89. The van der Waals surface area contributed by atoms with Crippen molar-refractivity contribution in [3.05, 3.63) is 76.5 Å². The molecular weight excluding hydrogens is 468 g/mol. The third kappa shape index (κ3) is 3.57. The average molecular weight is 490 g/mol. The summed E-state index contributed by atoms with van der Waals surface area (Å²) in [4.78, 5) is -1.27. The van der Waals surface area contributed by atoms with Gasteiger partial charge >= 0.3 is 0 Å². The molecular formula is C21H21N2O6S2Si+. The Kier molecular flexibility index (Phi) is 4.95. The quantitative estimate of drug-likeness (QED) is 0.281. The molecule has 32 heavy (non-hydrogen) atoms. The zero-order valence-electron chi connectivity index (χ0n) is 17.2. The van der Waals surface area contributed by atoms with Crippen molar-refractivity contribution < 1.29 is 31.4 Å². The molecule has 1 aliphatic heterocycles. The predicted molar refractivity (Wildman–Crippen MR) is 124 cm³/mol. The molecule has 8 nitrogen and oxygen atoms in total. The third-order valence-electron chi connectivity index (χ3n) is 5.77. The maximum Gasteiger partial charge on any atom is 0.295 e. The molecule has 6 N–H and O–H groups in total. The standard InChI is InChI=1S/C21H20N2O6S2Si/c1-32(2)19-9-12(22)3-6-16(19)21(17-7-4-13(23)10-20(17)32)15-8-5-14(30(24,25)26)11-18(15)31(27,28)29/h3-11,22H,23H2,1-2H3,(H,24,25,26)(H,27,28,29)/p+1. The number of allylic oxidation sites excluding steroid dienone is 5. The monoisotopic (exact) mass is 489 g/mol. The van der Waals surface area contributed by atoms with Crippen molar-refractivity contribution in [3.63, 3.8) is 0 Å². The van der Waals surface area contributed by atoms with Gasteiger partial charge in [-0.1, -0.05) is 25.2 Å². The van der Waals surface area contributed by atoms with E-state index in [1.807, 2.05) is 12.1 Å². The van der Waals surface area contributed by atoms with Crippen molar-refractivity contribution in [1.82, 2.24) is 0 Å². The largest absolute Gasteiger partial charge is 0.399 e. The minimum absolute atomic E-state index is 0.0986. The molecule has 2 aliphatic rings. The van der Waals surface area contributed by atoms with Gasteiger partial charge < -0.3 is 5.73 Å². The van der Waals surface area contributed by atoms with Gasteiger partial charge in [-0.2, -0.15) is 16.8 Å². The first-order valence-corrected chi connectivity index (χ1v) is 15.4. The van der Waals surface area contributed by atoms with E-state index in [-0.39, 0.29) is 5.56 Å². The average Bonchev–Trinajstić information content (AvgIpc) is 2.68. The van der Waals surface area contributed by atoms with E-state index in [1.54, 1.807) is 24.3 Å². The van der Waals surface area contributed by atoms with E-state index in [0.29, 0.717) is 17.0 Å². The Labute approximate surface area is 186 Å². The Balaban J connectivity index is 2.18. The highest BCUT2D eigenvalue weighted by molar-refractivity contribution is 7.86. The van der Waals surface area contributed by atoms with Crippen molar-refractivity contribution in [2.24, 2.45) is 0 Å². The normalized spacial score (nSPS) is 17.6. The molecule has 166 valence electrons. The molecule has 1 heterocycles. The summed E-state index contributed by atoms with van der Waals surface area (Å²) in [5, 5.41) is 7.96. The van der Waals surface area contributed by atoms with Crippen LogP contribution in [0.3, 0.4) is 0 Å². The molecule has 0 saturated heterocycles. The van der Waals surface area contributed by atoms with Crippen LogP contribution in [0.25, 0.3) is 5.57 Å². The fraction of sp³-hybridized carbons (Fsp3) is 0.0952. The summed E-state index contributed by atoms with van der Waals surface area (Å²) < 4.78 is 67.1. The minimum atomic E-state index is -4.85. The smallest absolute Gasteiger partial charge is 0.295 e. The Morgan fingerprint density at radius 3 is 2.19 bits per heavy atom. The lowest BCUT2D eigenvalue weighted by Gasteiger charge is -2.37. The molecule has 1 aliphatic carbocycles. The number of hydrogen-bond donors (Lipinski definition) is 4. The Morgan fingerprint density at radius 1 is 0.906 bits per heavy atom. The van der Waals surface area contributed by atoms with E-state index in [2.05, 4.69) is 13.1 Å². The molecule has 0 fully saturated rings. The van der Waals surface area contributed by atoms with Gasteiger partial charge in [0.15, 0.2) is 5.71 Å². The second-order valence-electron chi connectivity index (χ2n) is 8.22. The summed E-state index contributed by atoms with van der Waals surface area (Å²) in [6.45, 7) is 4.26. The zero-order valence-corrected chi connectivity index (χ0v) is 19.8. The maximum absolute atomic E-state index is 12.3. The highest BCUT2D eigenvalue weighted by Crippen LogP contribution is 2.43. The van der Waals surface area contributed by atoms with Crippen molar-refractivity contribution in [2.45, 2.75) is 22.9 Å². The third-order valence-corrected chi connectivity index (χ3v) is 11.0. The van der Waals surface area contributed by atoms with Gasteiger partial charge in [-0.05, 0) is 57.4 Å². The van der Waals surface area contributed by atoms with Crippen LogP contribution in [0.5, 0.6) is 0 Å². The Hall–Kier alpha value is -2.83. The maximum atomic E-state index is 12.3. The first-order valence-electron chi connectivity index (χ1n) is 9.48. The summed E-state index contributed by atoms with van der Waals surface area (Å²) in [6, 6.07) is 8.45. The van der Waals surface area contributed by atoms with Crippen LogP contribution in [0.4, 0.5) is 5.69 Å². The topological polar surface area (TPSA) is 160 Å². The van der Waals surface area contributed by atoms with Crippen LogP contribution in [-0.4, -0.2) is 39.7 Å². The lowest BCUT2D eigenvalue weighted by Crippen LogP contribution is -2.50. The summed E-state index contributed by atoms with van der Waals surface area (Å²) >= 11 is 0. The van der Waals surface area contributed by atoms with Crippen LogP contribution in [0, 0.1) is 0 Å². The Morgan fingerprint density at radius 2 is 1.56 bits per heavy atom. The molecule has 0 spiro atoms. The van der Waals surface area contributed by atoms with Gasteiger partial charge in [0.25, 0.3) is 20.2 Å². The number of rotatable bonds is 3. The van der Waals surface area contributed by atoms with Gasteiger partial charge in [0, 0.05) is 23.4 Å². The van der Waals surface area contributed by atoms with Gasteiger partial charge in [-0.25, -0.2) is 0 Å². The number of anilines is 1. The molecule has 0 aromatic heterocycles. The molecule has 0 amide bonds. The number of hydrogen-bond acceptors (Lipinski definition) is 5. The highest BCUT2D eigenvalue weighted by atomic mass is 32.2. The van der Waals surface area contributed by atoms with Crippen molar-refractivity contribution >= 4 is 50.5 Å². The molecule has 0 saturated carbocycles. The molecule has 4 rings (SSSR count). The van der Waals surface area contributed by atoms with Crippen LogP contribution in [-0.2, 0) is 20.2 Å². The SMILES string of the molecule is C[Si]1(C)C2=CC(=[NH2+])C=CC2=C(c2ccc(S(=O)(=O)O)cc2S(=O)(=O)O)c2ccc(N)cc21. The van der Waals surface area contributed by atoms with Gasteiger partial charge in [-0.3, -0.25) is 14.5 Å². The zero-order chi connectivity index (χ0) is 23.6. The molecule has 2 aromatic carbocycles. The number of nitrogens with two attached hydrogens (primary N) is 2. The predicted octanol–water partition coefficient (Wildman–Crippen LogP) is 0.729. The van der Waals surface area contributed by atoms with E-state index >= 15 is 0 Å². The fourth-order valence-electron chi connectivity index (χ4n) is 4.26. The van der Waals surface area contributed by atoms with E-state index < -0.39 is 38.1 Å². The van der Waals surface area contributed by atoms with Crippen LogP contribution in [0.1, 0.15) is 11.1 Å². The van der Waals surface area contributed by atoms with Crippen molar-refractivity contribution in [3.8, 4) is 0 Å². The van der Waals surface area contributed by atoms with Gasteiger partial charge in [0.1, 0.15) is 13.0 Å². The highest BCUT2D eigenvalue weighted by Gasteiger charge is 2.41. The number of nitrogen functional groups attached to an aromatic ring is 1. The minimum Gasteiger partial charge on any atom is -0.399 e. The lowest BCUT2D eigenvalue weighted by molar-refractivity contribution is -0.110. The van der Waals surface area contributed by atoms with E-state index in [0.717, 1.165) is 33.7 Å². The van der Waals surface area contributed by atoms with Gasteiger partial charge in [-0.15, -0.1) is 0 Å². The molecule has 11 heteroatoms. The summed E-state index contributed by atoms with van der Waals surface area (Å²) in [7, 11) is -11.8. The van der Waals surface area contributed by atoms with E-state index in [4.69, 9.17) is 11.1 Å². The fourth-order valence-corrected chi connectivity index (χ4v) is 8.67. The van der Waals surface area contributed by atoms with Crippen LogP contribution in [0.2, 0.25) is 13.1 Å². The summed E-state index contributed by atoms with van der Waals surface area (Å²) in [5.74, 6) is 0. The molecule has 0 radical (unpaired) electrons. The van der Waals surface area contributed by atoms with E-state index in [1.165, 1.54) is 6.07 Å². The second-order valence-corrected chi connectivity index (χ2v) is 15.4. The van der Waals surface area contributed by atoms with Crippen LogP contribution < -0.4 is 16.3 Å². The van der Waals surface area contributed by atoms with Gasteiger partial charge in [0.2, 0.25) is 0 Å². The summed E-state index contributed by atoms with van der Waals surface area (Å²) in [5.41, 5.74) is 9.22. The van der Waals surface area contributed by atoms with Gasteiger partial charge in [0.05, 0.1) is 4.90 Å². The molecule has 0 bridgehead atoms. The van der Waals surface area contributed by atoms with E-state index in [9.17, 15) is 25.9 Å². The number of benzene rings is 2. The Bertz CT molecular complexity index is 1520. The molecule has 0 unspecified atom stereocenters. The van der Waals surface area contributed by atoms with Crippen molar-refractivity contribution in [2.75, 3.05) is 5.73 Å². The second kappa shape index (κ2) is 7.09. The van der Waals surface area contributed by atoms with Crippen LogP contribution >= 0.6 is 0 Å². The van der Waals surface area contributed by atoms with Crippen molar-refractivity contribution in [1.29, 1.82) is 0 Å². The molecule has 2 aromatic rings. The first-order chi connectivity index (χ1) is 14.7. The first kappa shape index (κ1) is 22.4. The van der Waals surface area contributed by atoms with Crippen LogP contribution in [0.15, 0.2) is 75.2 Å². The number of fused-ring (bicyclic) bond motifs is 2.